The van der Waals surface area contributed by atoms with Crippen LogP contribution in [0.4, 0.5) is 23.5 Å². The van der Waals surface area contributed by atoms with Gasteiger partial charge in [0.25, 0.3) is 11.1 Å². The largest absolute Gasteiger partial charge is 0.472 e. The summed E-state index contributed by atoms with van der Waals surface area (Å²) in [6, 6.07) is 0. The third-order valence-electron chi connectivity index (χ3n) is 9.05. The first-order valence-corrected chi connectivity index (χ1v) is 24.4. The first-order valence-electron chi connectivity index (χ1n) is 18.4. The van der Waals surface area contributed by atoms with E-state index in [4.69, 9.17) is 39.0 Å². The van der Waals surface area contributed by atoms with Gasteiger partial charge in [0.05, 0.1) is 50.2 Å². The molecule has 0 spiro atoms. The topological polar surface area (TPSA) is 519 Å². The maximum atomic E-state index is 13.0. The average Bonchev–Trinajstić information content (AvgIpc) is 3.65. The van der Waals surface area contributed by atoms with Crippen LogP contribution in [0.15, 0.2) is 19.6 Å². The van der Waals surface area contributed by atoms with Crippen molar-refractivity contribution in [3.8, 4) is 0 Å². The van der Waals surface area contributed by atoms with Gasteiger partial charge in [-0.3, -0.25) is 66.5 Å². The minimum absolute atomic E-state index is 0.0290. The fraction of sp³-hybridized carbons (Fsp3) is 0.643. The van der Waals surface area contributed by atoms with Crippen LogP contribution >= 0.6 is 31.3 Å². The number of aliphatic imine (C=N–C) groups is 2. The molecule has 0 radical (unpaired) electrons. The van der Waals surface area contributed by atoms with E-state index in [9.17, 15) is 77.6 Å². The maximum Gasteiger partial charge on any atom is 0.472 e. The molecule has 0 aromatic carbocycles. The fourth-order valence-corrected chi connectivity index (χ4v) is 8.60. The second-order valence-corrected chi connectivity index (χ2v) is 19.1. The minimum atomic E-state index is -5.77. The number of phosphoric acid groups is 4. The lowest BCUT2D eigenvalue weighted by atomic mass is 10.1. The van der Waals surface area contributed by atoms with Crippen LogP contribution in [-0.4, -0.2) is 184 Å². The van der Waals surface area contributed by atoms with Gasteiger partial charge in [0, 0.05) is 14.1 Å². The molecular weight excluding hydrogens is 984 g/mol. The van der Waals surface area contributed by atoms with E-state index in [-0.39, 0.29) is 34.7 Å². The summed E-state index contributed by atoms with van der Waals surface area (Å²) in [5.41, 5.74) is 9.87. The zero-order chi connectivity index (χ0) is 49.7. The second kappa shape index (κ2) is 22.3. The van der Waals surface area contributed by atoms with E-state index in [1.807, 2.05) is 0 Å². The highest BCUT2D eigenvalue weighted by Gasteiger charge is 2.49. The van der Waals surface area contributed by atoms with Crippen molar-refractivity contribution in [2.24, 2.45) is 9.98 Å². The van der Waals surface area contributed by atoms with Crippen LogP contribution < -0.4 is 32.4 Å². The van der Waals surface area contributed by atoms with Crippen molar-refractivity contribution in [2.45, 2.75) is 75.1 Å². The number of aromatic nitrogens is 4. The number of H-pyrrole nitrogens is 2. The normalized spacial score (nSPS) is 26.7. The molecule has 2 saturated heterocycles. The van der Waals surface area contributed by atoms with Crippen molar-refractivity contribution >= 4 is 67.5 Å². The fourth-order valence-electron chi connectivity index (χ4n) is 6.01. The standard InChI is InChI=1S/C28H48N10O24P4/c1-11-21(33-27(29)35-23(11)43)37(9-31-3)25-19(41)17(39)15(59-25)7-57-65(51,52)55-5-13(61-63(45,46)47)14(62-64(48,49)50)6-56-66(53,54)58-8-16-18(40)20(42)26(60-16)38(10-32-4)22-12(2)24(44)36-28(30)34-22/h9-10,13-20,25-26,39-42H,5-8H2,1-4H3,(H,51,52)(H,53,54)(H2,45,46,47)(H2,48,49,50)(H3,29,33,35,43)(H3,30,34,36,44)/t13-,14+,15-,16-,17-,18-,19-,20-,25-,26-/m1/s1. The van der Waals surface area contributed by atoms with Crippen LogP contribution in [0.2, 0.25) is 0 Å². The number of nitrogens with zero attached hydrogens (tertiary/aromatic N) is 6. The molecule has 66 heavy (non-hydrogen) atoms. The van der Waals surface area contributed by atoms with Crippen LogP contribution in [0.25, 0.3) is 0 Å². The van der Waals surface area contributed by atoms with E-state index in [0.29, 0.717) is 0 Å². The first kappa shape index (κ1) is 55.1. The monoisotopic (exact) mass is 1030 g/mol. The summed E-state index contributed by atoms with van der Waals surface area (Å²) in [5, 5.41) is 43.0. The Bertz CT molecular complexity index is 2220. The van der Waals surface area contributed by atoms with Crippen LogP contribution in [0.1, 0.15) is 11.1 Å². The Morgan fingerprint density at radius 1 is 0.652 bits per heavy atom. The van der Waals surface area contributed by atoms with Gasteiger partial charge < -0.3 is 70.7 Å². The van der Waals surface area contributed by atoms with E-state index in [1.165, 1.54) is 27.9 Å². The zero-order valence-corrected chi connectivity index (χ0v) is 38.1. The van der Waals surface area contributed by atoms with Gasteiger partial charge in [0.1, 0.15) is 60.5 Å². The lowest BCUT2D eigenvalue weighted by Crippen LogP contribution is -2.45. The number of hydrogen-bond acceptors (Lipinski definition) is 24. The summed E-state index contributed by atoms with van der Waals surface area (Å²) < 4.78 is 88.8. The van der Waals surface area contributed by atoms with Gasteiger partial charge >= 0.3 is 31.3 Å². The molecular formula is C28H48N10O24P4. The van der Waals surface area contributed by atoms with Gasteiger partial charge in [-0.2, -0.15) is 9.97 Å². The molecule has 2 aromatic heterocycles. The van der Waals surface area contributed by atoms with Gasteiger partial charge in [0.2, 0.25) is 11.9 Å². The first-order chi connectivity index (χ1) is 30.5. The van der Waals surface area contributed by atoms with Crippen molar-refractivity contribution in [3.05, 3.63) is 31.8 Å². The molecule has 2 aliphatic heterocycles. The van der Waals surface area contributed by atoms with Crippen molar-refractivity contribution in [1.82, 2.24) is 19.9 Å². The number of nitrogen functional groups attached to an aromatic ring is 2. The Labute approximate surface area is 370 Å². The predicted octanol–water partition coefficient (Wildman–Crippen LogP) is -4.62. The number of aliphatic hydroxyl groups is 4. The van der Waals surface area contributed by atoms with Crippen LogP contribution in [0.5, 0.6) is 0 Å². The Hall–Kier alpha value is -3.50. The summed E-state index contributed by atoms with van der Waals surface area (Å²) in [6.07, 6.45) is -17.0. The Morgan fingerprint density at radius 2 is 0.985 bits per heavy atom. The van der Waals surface area contributed by atoms with Crippen molar-refractivity contribution < 1.29 is 105 Å². The van der Waals surface area contributed by atoms with E-state index >= 15 is 0 Å². The zero-order valence-electron chi connectivity index (χ0n) is 34.6. The molecule has 0 aliphatic carbocycles. The third kappa shape index (κ3) is 14.8. The molecule has 374 valence electrons. The molecule has 0 amide bonds. The van der Waals surface area contributed by atoms with Crippen molar-refractivity contribution in [3.63, 3.8) is 0 Å². The SMILES string of the molecule is CN=CN(c1nc(N)[nH]c(=O)c1C)[C@@H]1O[C@H](COP(=O)(O)OC[C@H](OP(=O)(O)O)[C@@H](COP(=O)(O)OC[C@H]2O[C@@H](N(C=NC)c3nc(N)[nH]c(=O)c3C)[C@H](O)[C@@H]2O)OP(=O)(O)O)[C@@H](O)[C@H]1O. The molecule has 2 aliphatic rings. The lowest BCUT2D eigenvalue weighted by Gasteiger charge is -2.29. The van der Waals surface area contributed by atoms with Crippen molar-refractivity contribution in [2.75, 3.05) is 61.8 Å². The molecule has 0 bridgehead atoms. The molecule has 4 rings (SSSR count). The molecule has 12 atom stereocenters. The van der Waals surface area contributed by atoms with Gasteiger partial charge in [-0.15, -0.1) is 0 Å². The van der Waals surface area contributed by atoms with Gasteiger partial charge in [-0.05, 0) is 13.8 Å². The van der Waals surface area contributed by atoms with E-state index in [2.05, 4.69) is 39.0 Å². The number of nitrogens with one attached hydrogen (secondary N) is 2. The highest BCUT2D eigenvalue weighted by atomic mass is 31.2. The number of nitrogens with two attached hydrogens (primary N) is 2. The summed E-state index contributed by atoms with van der Waals surface area (Å²) >= 11 is 0. The van der Waals surface area contributed by atoms with Gasteiger partial charge in [-0.25, -0.2) is 18.3 Å². The quantitative estimate of drug-likeness (QED) is 0.0283. The number of aliphatic hydroxyl groups excluding tert-OH is 4. The average molecular weight is 1030 g/mol. The molecule has 2 aromatic rings. The highest BCUT2D eigenvalue weighted by molar-refractivity contribution is 7.48. The Balaban J connectivity index is 1.44. The lowest BCUT2D eigenvalue weighted by molar-refractivity contribution is -0.0476. The predicted molar refractivity (Wildman–Crippen MR) is 220 cm³/mol. The summed E-state index contributed by atoms with van der Waals surface area (Å²) in [6.45, 7) is -2.64. The summed E-state index contributed by atoms with van der Waals surface area (Å²) in [4.78, 5) is 106. The second-order valence-electron chi connectivity index (χ2n) is 13.8. The van der Waals surface area contributed by atoms with Crippen molar-refractivity contribution in [1.29, 1.82) is 0 Å². The molecule has 2 fully saturated rings. The summed E-state index contributed by atoms with van der Waals surface area (Å²) in [7, 11) is -19.9. The molecule has 2 unspecified atom stereocenters. The minimum Gasteiger partial charge on any atom is -0.387 e. The Kier molecular flexibility index (Phi) is 18.6. The smallest absolute Gasteiger partial charge is 0.387 e. The van der Waals surface area contributed by atoms with Gasteiger partial charge in [-0.1, -0.05) is 0 Å². The van der Waals surface area contributed by atoms with Crippen LogP contribution in [0, 0.1) is 13.8 Å². The van der Waals surface area contributed by atoms with Crippen LogP contribution in [-0.2, 0) is 54.9 Å². The van der Waals surface area contributed by atoms with E-state index in [1.54, 1.807) is 0 Å². The van der Waals surface area contributed by atoms with E-state index in [0.717, 1.165) is 22.5 Å². The van der Waals surface area contributed by atoms with Gasteiger partial charge in [0.15, 0.2) is 12.5 Å². The molecule has 0 saturated carbocycles. The summed E-state index contributed by atoms with van der Waals surface area (Å²) in [5.74, 6) is -1.03. The molecule has 16 N–H and O–H groups in total. The van der Waals surface area contributed by atoms with Crippen LogP contribution in [0.3, 0.4) is 0 Å². The molecule has 38 heteroatoms. The number of aromatic amines is 2. The number of phosphoric ester groups is 4. The third-order valence-corrected chi connectivity index (χ3v) is 12.0. The molecule has 34 nitrogen and oxygen atoms in total. The number of anilines is 4. The molecule has 4 heterocycles. The highest BCUT2D eigenvalue weighted by Crippen LogP contribution is 2.50. The van der Waals surface area contributed by atoms with E-state index < -0.39 is 130 Å². The number of hydrogen-bond donors (Lipinski definition) is 14. The number of ether oxygens (including phenoxy) is 2. The maximum absolute atomic E-state index is 13.0. The number of rotatable bonds is 23. The Morgan fingerprint density at radius 3 is 1.29 bits per heavy atom.